The number of ether oxygens (including phenoxy) is 1. The van der Waals surface area contributed by atoms with Crippen LogP contribution < -0.4 is 4.74 Å². The third kappa shape index (κ3) is 4.62. The van der Waals surface area contributed by atoms with Gasteiger partial charge in [0.1, 0.15) is 5.75 Å². The Balaban J connectivity index is 2.03. The van der Waals surface area contributed by atoms with Crippen LogP contribution in [-0.2, 0) is 11.2 Å². The van der Waals surface area contributed by atoms with Crippen LogP contribution in [0, 0.1) is 13.8 Å². The van der Waals surface area contributed by atoms with E-state index in [2.05, 4.69) is 0 Å². The van der Waals surface area contributed by atoms with Gasteiger partial charge >= 0.3 is 0 Å². The van der Waals surface area contributed by atoms with Crippen LogP contribution in [0.1, 0.15) is 37.2 Å². The molecule has 0 atom stereocenters. The molecule has 1 aromatic carbocycles. The Hall–Kier alpha value is -2.93. The van der Waals surface area contributed by atoms with Crippen molar-refractivity contribution in [1.82, 2.24) is 19.5 Å². The lowest BCUT2D eigenvalue weighted by Crippen LogP contribution is -2.31. The Morgan fingerprint density at radius 3 is 2.50 bits per heavy atom. The molecule has 2 aromatic heterocycles. The summed E-state index contributed by atoms with van der Waals surface area (Å²) in [5.41, 5.74) is 5.12. The fourth-order valence-electron chi connectivity index (χ4n) is 3.56. The highest BCUT2D eigenvalue weighted by Crippen LogP contribution is 2.29. The minimum absolute atomic E-state index is 0.0704. The number of nitrogens with zero attached hydrogens (tertiary/aromatic N) is 4. The van der Waals surface area contributed by atoms with E-state index in [9.17, 15) is 4.79 Å². The van der Waals surface area contributed by atoms with Gasteiger partial charge < -0.3 is 14.7 Å². The molecule has 0 fully saturated rings. The molecule has 30 heavy (non-hydrogen) atoms. The van der Waals surface area contributed by atoms with Crippen molar-refractivity contribution in [3.05, 3.63) is 47.3 Å². The number of fused-ring (bicyclic) bond motifs is 1. The van der Waals surface area contributed by atoms with Gasteiger partial charge in [0, 0.05) is 48.6 Å². The van der Waals surface area contributed by atoms with Crippen molar-refractivity contribution >= 4 is 11.6 Å². The molecule has 7 nitrogen and oxygen atoms in total. The van der Waals surface area contributed by atoms with Crippen molar-refractivity contribution in [1.29, 1.82) is 0 Å². The summed E-state index contributed by atoms with van der Waals surface area (Å²) in [5.74, 6) is 0.808. The van der Waals surface area contributed by atoms with Gasteiger partial charge in [-0.05, 0) is 58.0 Å². The van der Waals surface area contributed by atoms with Crippen LogP contribution in [0.4, 0.5) is 0 Å². The number of likely N-dealkylation sites (N-methyl/N-ethyl adjacent to an activating group) is 1. The van der Waals surface area contributed by atoms with E-state index in [0.29, 0.717) is 26.1 Å². The second-order valence-electron chi connectivity index (χ2n) is 7.29. The van der Waals surface area contributed by atoms with Crippen LogP contribution in [0.15, 0.2) is 30.3 Å². The third-order valence-corrected chi connectivity index (χ3v) is 5.13. The summed E-state index contributed by atoms with van der Waals surface area (Å²) < 4.78 is 7.45. The lowest BCUT2D eigenvalue weighted by atomic mass is 10.0. The summed E-state index contributed by atoms with van der Waals surface area (Å²) in [6, 6.07) is 9.65. The number of aliphatic hydroxyl groups is 1. The SMILES string of the molecule is CCN(CC)C(=O)Cc1c(-c2ccc(OCCCO)cc2)nn2c(C)cc(C)nc12. The molecule has 0 aliphatic heterocycles. The highest BCUT2D eigenvalue weighted by molar-refractivity contribution is 5.84. The zero-order valence-electron chi connectivity index (χ0n) is 18.2. The first-order valence-electron chi connectivity index (χ1n) is 10.5. The van der Waals surface area contributed by atoms with Gasteiger partial charge in [-0.1, -0.05) is 0 Å². The molecule has 7 heteroatoms. The number of rotatable bonds is 9. The number of hydrogen-bond acceptors (Lipinski definition) is 5. The quantitative estimate of drug-likeness (QED) is 0.548. The van der Waals surface area contributed by atoms with Gasteiger partial charge in [-0.2, -0.15) is 5.10 Å². The predicted molar refractivity (Wildman–Crippen MR) is 117 cm³/mol. The molecule has 3 aromatic rings. The van der Waals surface area contributed by atoms with E-state index in [1.54, 1.807) is 0 Å². The lowest BCUT2D eigenvalue weighted by molar-refractivity contribution is -0.130. The Kier molecular flexibility index (Phi) is 7.05. The number of benzene rings is 1. The zero-order chi connectivity index (χ0) is 21.7. The average Bonchev–Trinajstić information content (AvgIpc) is 3.08. The number of amides is 1. The van der Waals surface area contributed by atoms with Gasteiger partial charge in [0.15, 0.2) is 5.65 Å². The van der Waals surface area contributed by atoms with Gasteiger partial charge in [0.05, 0.1) is 18.7 Å². The molecule has 1 N–H and O–H groups in total. The minimum Gasteiger partial charge on any atom is -0.494 e. The van der Waals surface area contributed by atoms with Crippen molar-refractivity contribution in [2.75, 3.05) is 26.3 Å². The monoisotopic (exact) mass is 410 g/mol. The molecule has 1 amide bonds. The van der Waals surface area contributed by atoms with Crippen LogP contribution in [0.5, 0.6) is 5.75 Å². The topological polar surface area (TPSA) is 80.0 Å². The Morgan fingerprint density at radius 1 is 1.17 bits per heavy atom. The first kappa shape index (κ1) is 21.8. The lowest BCUT2D eigenvalue weighted by Gasteiger charge is -2.18. The molecule has 2 heterocycles. The van der Waals surface area contributed by atoms with E-state index in [1.807, 2.05) is 67.4 Å². The van der Waals surface area contributed by atoms with Crippen LogP contribution in [0.3, 0.4) is 0 Å². The zero-order valence-corrected chi connectivity index (χ0v) is 18.2. The van der Waals surface area contributed by atoms with Crippen molar-refractivity contribution < 1.29 is 14.6 Å². The van der Waals surface area contributed by atoms with E-state index in [-0.39, 0.29) is 18.9 Å². The first-order chi connectivity index (χ1) is 14.5. The summed E-state index contributed by atoms with van der Waals surface area (Å²) in [4.78, 5) is 19.4. The largest absolute Gasteiger partial charge is 0.494 e. The molecule has 0 bridgehead atoms. The highest BCUT2D eigenvalue weighted by atomic mass is 16.5. The summed E-state index contributed by atoms with van der Waals surface area (Å²) >= 11 is 0. The average molecular weight is 411 g/mol. The number of aryl methyl sites for hydroxylation is 2. The number of carbonyl (C=O) groups excluding carboxylic acids is 1. The van der Waals surface area contributed by atoms with Gasteiger partial charge in [0.2, 0.25) is 5.91 Å². The van der Waals surface area contributed by atoms with E-state index >= 15 is 0 Å². The molecule has 0 radical (unpaired) electrons. The van der Waals surface area contributed by atoms with Crippen LogP contribution >= 0.6 is 0 Å². The van der Waals surface area contributed by atoms with E-state index < -0.39 is 0 Å². The van der Waals surface area contributed by atoms with Crippen molar-refractivity contribution in [3.63, 3.8) is 0 Å². The van der Waals surface area contributed by atoms with Crippen molar-refractivity contribution in [2.24, 2.45) is 0 Å². The Bertz CT molecular complexity index is 1010. The van der Waals surface area contributed by atoms with Crippen LogP contribution in [0.2, 0.25) is 0 Å². The molecular formula is C23H30N4O3. The van der Waals surface area contributed by atoms with Gasteiger partial charge in [0.25, 0.3) is 0 Å². The maximum atomic E-state index is 12.9. The fourth-order valence-corrected chi connectivity index (χ4v) is 3.56. The number of aliphatic hydroxyl groups excluding tert-OH is 1. The molecule has 0 spiro atoms. The summed E-state index contributed by atoms with van der Waals surface area (Å²) in [7, 11) is 0. The van der Waals surface area contributed by atoms with Crippen LogP contribution in [-0.4, -0.2) is 56.8 Å². The molecule has 0 saturated heterocycles. The highest BCUT2D eigenvalue weighted by Gasteiger charge is 2.22. The van der Waals surface area contributed by atoms with Crippen LogP contribution in [0.25, 0.3) is 16.9 Å². The summed E-state index contributed by atoms with van der Waals surface area (Å²) in [6.07, 6.45) is 0.848. The second-order valence-corrected chi connectivity index (χ2v) is 7.29. The summed E-state index contributed by atoms with van der Waals surface area (Å²) in [5, 5.41) is 13.7. The Morgan fingerprint density at radius 2 is 1.87 bits per heavy atom. The van der Waals surface area contributed by atoms with E-state index in [0.717, 1.165) is 39.6 Å². The van der Waals surface area contributed by atoms with Gasteiger partial charge in [-0.15, -0.1) is 0 Å². The predicted octanol–water partition coefficient (Wildman–Crippen LogP) is 3.19. The smallest absolute Gasteiger partial charge is 0.227 e. The normalized spacial score (nSPS) is 11.1. The molecule has 0 unspecified atom stereocenters. The molecule has 3 rings (SSSR count). The maximum Gasteiger partial charge on any atom is 0.227 e. The molecule has 0 aliphatic carbocycles. The van der Waals surface area contributed by atoms with Gasteiger partial charge in [-0.3, -0.25) is 4.79 Å². The number of aromatic nitrogens is 3. The third-order valence-electron chi connectivity index (χ3n) is 5.13. The molecular weight excluding hydrogens is 380 g/mol. The Labute approximate surface area is 177 Å². The molecule has 0 saturated carbocycles. The molecule has 0 aliphatic rings. The fraction of sp³-hybridized carbons (Fsp3) is 0.435. The molecule has 160 valence electrons. The van der Waals surface area contributed by atoms with E-state index in [1.165, 1.54) is 0 Å². The maximum absolute atomic E-state index is 12.9. The minimum atomic E-state index is 0.0704. The summed E-state index contributed by atoms with van der Waals surface area (Å²) in [6.45, 7) is 9.84. The second kappa shape index (κ2) is 9.71. The van der Waals surface area contributed by atoms with E-state index in [4.69, 9.17) is 19.9 Å². The number of hydrogen-bond donors (Lipinski definition) is 1. The first-order valence-corrected chi connectivity index (χ1v) is 10.5. The number of carbonyl (C=O) groups is 1. The van der Waals surface area contributed by atoms with Crippen molar-refractivity contribution in [2.45, 2.75) is 40.5 Å². The standard InChI is InChI=1S/C23H30N4O3/c1-5-26(6-2)21(29)15-20-22(25-27-17(4)14-16(3)24-23(20)27)18-8-10-19(11-9-18)30-13-7-12-28/h8-11,14,28H,5-7,12-13,15H2,1-4H3. The van der Waals surface area contributed by atoms with Gasteiger partial charge in [-0.25, -0.2) is 9.50 Å². The van der Waals surface area contributed by atoms with Crippen molar-refractivity contribution in [3.8, 4) is 17.0 Å².